The Morgan fingerprint density at radius 3 is 2.64 bits per heavy atom. The van der Waals surface area contributed by atoms with Crippen LogP contribution in [0.4, 0.5) is 0 Å². The minimum absolute atomic E-state index is 0.0132. The Morgan fingerprint density at radius 2 is 2.00 bits per heavy atom. The van der Waals surface area contributed by atoms with E-state index in [1.54, 1.807) is 6.92 Å². The average molecular weight is 348 g/mol. The molecule has 3 aliphatic carbocycles. The molecule has 1 heterocycles. The van der Waals surface area contributed by atoms with E-state index in [-0.39, 0.29) is 29.8 Å². The van der Waals surface area contributed by atoms with Crippen LogP contribution in [0.1, 0.15) is 59.8 Å². The van der Waals surface area contributed by atoms with Gasteiger partial charge < -0.3 is 14.9 Å². The van der Waals surface area contributed by atoms with Crippen LogP contribution in [0.5, 0.6) is 0 Å². The van der Waals surface area contributed by atoms with E-state index in [1.807, 2.05) is 0 Å². The lowest BCUT2D eigenvalue weighted by Gasteiger charge is -2.44. The predicted octanol–water partition coefficient (Wildman–Crippen LogP) is 3.07. The van der Waals surface area contributed by atoms with Gasteiger partial charge in [-0.05, 0) is 62.2 Å². The highest BCUT2D eigenvalue weighted by Gasteiger charge is 2.68. The first-order chi connectivity index (χ1) is 11.7. The van der Waals surface area contributed by atoms with Gasteiger partial charge in [-0.25, -0.2) is 4.79 Å². The number of fused-ring (bicyclic) bond motifs is 2. The number of carbonyl (C=O) groups excluding carboxylic acids is 1. The second-order valence-electron chi connectivity index (χ2n) is 9.93. The van der Waals surface area contributed by atoms with E-state index in [4.69, 9.17) is 4.74 Å². The molecule has 0 amide bonds. The van der Waals surface area contributed by atoms with Crippen LogP contribution in [0.15, 0.2) is 11.6 Å². The van der Waals surface area contributed by atoms with Gasteiger partial charge in [-0.15, -0.1) is 0 Å². The van der Waals surface area contributed by atoms with Gasteiger partial charge in [-0.1, -0.05) is 26.8 Å². The molecule has 1 saturated heterocycles. The van der Waals surface area contributed by atoms with Gasteiger partial charge >= 0.3 is 5.97 Å². The van der Waals surface area contributed by atoms with Crippen molar-refractivity contribution in [2.75, 3.05) is 6.61 Å². The number of aliphatic hydroxyl groups is 2. The van der Waals surface area contributed by atoms with Crippen molar-refractivity contribution in [2.24, 2.45) is 35.0 Å². The summed E-state index contributed by atoms with van der Waals surface area (Å²) in [6, 6.07) is 0. The molecule has 4 nitrogen and oxygen atoms in total. The summed E-state index contributed by atoms with van der Waals surface area (Å²) in [4.78, 5) is 12.6. The molecular weight excluding hydrogens is 316 g/mol. The molecule has 4 heteroatoms. The van der Waals surface area contributed by atoms with Gasteiger partial charge in [0.15, 0.2) is 0 Å². The molecule has 0 aromatic heterocycles. The molecule has 2 bridgehead atoms. The van der Waals surface area contributed by atoms with Gasteiger partial charge in [0.05, 0.1) is 6.61 Å². The lowest BCUT2D eigenvalue weighted by Crippen LogP contribution is -2.56. The Bertz CT molecular complexity index is 625. The van der Waals surface area contributed by atoms with E-state index in [2.05, 4.69) is 26.8 Å². The largest absolute Gasteiger partial charge is 0.453 e. The fourth-order valence-corrected chi connectivity index (χ4v) is 6.83. The molecule has 25 heavy (non-hydrogen) atoms. The molecule has 4 rings (SSSR count). The van der Waals surface area contributed by atoms with Crippen LogP contribution in [0.25, 0.3) is 0 Å². The summed E-state index contributed by atoms with van der Waals surface area (Å²) in [7, 11) is 0. The Balaban J connectivity index is 1.81. The van der Waals surface area contributed by atoms with Gasteiger partial charge in [-0.2, -0.15) is 0 Å². The molecule has 1 aliphatic heterocycles. The highest BCUT2D eigenvalue weighted by molar-refractivity contribution is 5.91. The second-order valence-corrected chi connectivity index (χ2v) is 9.93. The lowest BCUT2D eigenvalue weighted by molar-refractivity contribution is -0.196. The quantitative estimate of drug-likeness (QED) is 0.753. The molecule has 7 atom stereocenters. The van der Waals surface area contributed by atoms with Crippen LogP contribution in [0, 0.1) is 35.0 Å². The van der Waals surface area contributed by atoms with Crippen molar-refractivity contribution in [3.63, 3.8) is 0 Å². The zero-order valence-corrected chi connectivity index (χ0v) is 15.9. The Labute approximate surface area is 150 Å². The third-order valence-corrected chi connectivity index (χ3v) is 8.41. The number of hydrogen-bond acceptors (Lipinski definition) is 4. The lowest BCUT2D eigenvalue weighted by atomic mass is 9.62. The average Bonchev–Trinajstić information content (AvgIpc) is 2.92. The van der Waals surface area contributed by atoms with Crippen molar-refractivity contribution in [1.29, 1.82) is 0 Å². The van der Waals surface area contributed by atoms with Gasteiger partial charge in [-0.3, -0.25) is 0 Å². The number of carbonyl (C=O) groups is 1. The number of allylic oxidation sites excluding steroid dienone is 1. The number of hydrogen-bond donors (Lipinski definition) is 2. The van der Waals surface area contributed by atoms with Crippen LogP contribution in [-0.4, -0.2) is 34.0 Å². The maximum Gasteiger partial charge on any atom is 0.334 e. The van der Waals surface area contributed by atoms with Crippen molar-refractivity contribution in [1.82, 2.24) is 0 Å². The molecule has 2 saturated carbocycles. The first-order valence-corrected chi connectivity index (χ1v) is 9.92. The summed E-state index contributed by atoms with van der Waals surface area (Å²) in [5, 5.41) is 21.5. The SMILES string of the molecule is CC(C)C1CC[C@]2(C)C[C@H]3[C@@H]4C[C@@](C)(OC(=O)/C4=C/C[C@@H]12)[C@]3(O)CO. The zero-order valence-electron chi connectivity index (χ0n) is 15.9. The molecule has 1 unspecified atom stereocenters. The molecule has 0 radical (unpaired) electrons. The molecule has 3 fully saturated rings. The van der Waals surface area contributed by atoms with Crippen LogP contribution in [0.3, 0.4) is 0 Å². The molecule has 0 spiro atoms. The van der Waals surface area contributed by atoms with Crippen LogP contribution < -0.4 is 0 Å². The van der Waals surface area contributed by atoms with Gasteiger partial charge in [0.25, 0.3) is 0 Å². The minimum atomic E-state index is -1.34. The highest BCUT2D eigenvalue weighted by Crippen LogP contribution is 2.63. The Hall–Kier alpha value is -0.870. The number of esters is 1. The molecule has 140 valence electrons. The summed E-state index contributed by atoms with van der Waals surface area (Å²) in [5.74, 6) is 1.44. The summed E-state index contributed by atoms with van der Waals surface area (Å²) < 4.78 is 5.71. The van der Waals surface area contributed by atoms with E-state index >= 15 is 0 Å². The van der Waals surface area contributed by atoms with E-state index in [0.29, 0.717) is 24.2 Å². The molecule has 0 aromatic rings. The molecule has 2 N–H and O–H groups in total. The third kappa shape index (κ3) is 2.16. The molecular formula is C21H32O4. The first-order valence-electron chi connectivity index (χ1n) is 9.92. The maximum atomic E-state index is 12.6. The second kappa shape index (κ2) is 5.32. The summed E-state index contributed by atoms with van der Waals surface area (Å²) in [5.41, 5.74) is -1.41. The Morgan fingerprint density at radius 1 is 1.28 bits per heavy atom. The van der Waals surface area contributed by atoms with Crippen molar-refractivity contribution in [3.05, 3.63) is 11.6 Å². The monoisotopic (exact) mass is 348 g/mol. The van der Waals surface area contributed by atoms with Crippen molar-refractivity contribution >= 4 is 5.97 Å². The van der Waals surface area contributed by atoms with E-state index < -0.39 is 11.2 Å². The minimum Gasteiger partial charge on any atom is -0.453 e. The summed E-state index contributed by atoms with van der Waals surface area (Å²) in [6.45, 7) is 8.41. The summed E-state index contributed by atoms with van der Waals surface area (Å²) >= 11 is 0. The zero-order chi connectivity index (χ0) is 18.2. The van der Waals surface area contributed by atoms with Crippen LogP contribution in [-0.2, 0) is 9.53 Å². The van der Waals surface area contributed by atoms with E-state index in [1.165, 1.54) is 12.8 Å². The van der Waals surface area contributed by atoms with Crippen LogP contribution in [0.2, 0.25) is 0 Å². The smallest absolute Gasteiger partial charge is 0.334 e. The first kappa shape index (κ1) is 17.5. The van der Waals surface area contributed by atoms with Crippen molar-refractivity contribution in [3.8, 4) is 0 Å². The number of rotatable bonds is 2. The topological polar surface area (TPSA) is 66.8 Å². The van der Waals surface area contributed by atoms with Crippen molar-refractivity contribution in [2.45, 2.75) is 71.0 Å². The highest BCUT2D eigenvalue weighted by atomic mass is 16.6. The fourth-order valence-electron chi connectivity index (χ4n) is 6.83. The van der Waals surface area contributed by atoms with Gasteiger partial charge in [0.1, 0.15) is 11.2 Å². The Kier molecular flexibility index (Phi) is 3.73. The van der Waals surface area contributed by atoms with Gasteiger partial charge in [0, 0.05) is 17.4 Å². The van der Waals surface area contributed by atoms with E-state index in [0.717, 1.165) is 18.4 Å². The number of aliphatic hydroxyl groups excluding tert-OH is 1. The number of ether oxygens (including phenoxy) is 1. The maximum absolute atomic E-state index is 12.6. The molecule has 4 aliphatic rings. The van der Waals surface area contributed by atoms with Gasteiger partial charge in [0.2, 0.25) is 0 Å². The summed E-state index contributed by atoms with van der Waals surface area (Å²) in [6.07, 6.45) is 6.93. The van der Waals surface area contributed by atoms with Crippen LogP contribution >= 0.6 is 0 Å². The normalized spacial score (nSPS) is 53.7. The van der Waals surface area contributed by atoms with Crippen molar-refractivity contribution < 1.29 is 19.7 Å². The fraction of sp³-hybridized carbons (Fsp3) is 0.857. The predicted molar refractivity (Wildman–Crippen MR) is 94.6 cm³/mol. The van der Waals surface area contributed by atoms with E-state index in [9.17, 15) is 15.0 Å². The standard InChI is InChI=1S/C21H32O4/c1-12(2)13-7-8-19(3)10-17-15-9-20(4,21(17,24)11-22)25-18(23)14(15)5-6-16(13)19/h5,12-13,15-17,22,24H,6-11H2,1-4H3/b14-5+/t13?,15-,16+,17+,19-,20-,21+/m1/s1. The molecule has 0 aromatic carbocycles. The third-order valence-electron chi connectivity index (χ3n) is 8.41.